The number of amides is 1. The van der Waals surface area contributed by atoms with Crippen LogP contribution >= 0.6 is 0 Å². The van der Waals surface area contributed by atoms with Crippen molar-refractivity contribution in [1.29, 1.82) is 0 Å². The Hall–Kier alpha value is -1.14. The molecule has 1 saturated heterocycles. The fraction of sp³-hybridized carbons (Fsp3) is 0.867. The second kappa shape index (κ2) is 6.32. The third-order valence-electron chi connectivity index (χ3n) is 5.10. The lowest BCUT2D eigenvalue weighted by atomic mass is 9.78. The molecule has 0 aromatic heterocycles. The minimum atomic E-state index is -1.67. The Morgan fingerprint density at radius 2 is 1.90 bits per heavy atom. The van der Waals surface area contributed by atoms with E-state index in [1.807, 2.05) is 0 Å². The van der Waals surface area contributed by atoms with Gasteiger partial charge >= 0.3 is 5.97 Å². The van der Waals surface area contributed by atoms with Crippen molar-refractivity contribution < 1.29 is 19.8 Å². The quantitative estimate of drug-likeness (QED) is 0.716. The number of carboxylic acid groups (broad SMARTS) is 1. The zero-order valence-corrected chi connectivity index (χ0v) is 12.6. The van der Waals surface area contributed by atoms with Crippen LogP contribution in [0.3, 0.4) is 0 Å². The van der Waals surface area contributed by atoms with E-state index in [4.69, 9.17) is 5.73 Å². The highest BCUT2D eigenvalue weighted by molar-refractivity contribution is 5.89. The molecular weight excluding hydrogens is 272 g/mol. The molecule has 2 rings (SSSR count). The fourth-order valence-corrected chi connectivity index (χ4v) is 3.74. The lowest BCUT2D eigenvalue weighted by molar-refractivity contribution is -0.159. The highest BCUT2D eigenvalue weighted by Gasteiger charge is 2.53. The van der Waals surface area contributed by atoms with E-state index in [0.717, 1.165) is 25.7 Å². The molecule has 1 aliphatic carbocycles. The highest BCUT2D eigenvalue weighted by Crippen LogP contribution is 2.40. The smallest absolute Gasteiger partial charge is 0.344 e. The lowest BCUT2D eigenvalue weighted by Crippen LogP contribution is -2.61. The molecule has 2 fully saturated rings. The first-order chi connectivity index (χ1) is 9.90. The van der Waals surface area contributed by atoms with Gasteiger partial charge in [0.25, 0.3) is 5.91 Å². The Morgan fingerprint density at radius 1 is 1.29 bits per heavy atom. The number of aliphatic hydroxyl groups excluding tert-OH is 1. The minimum absolute atomic E-state index is 0.124. The van der Waals surface area contributed by atoms with E-state index in [1.165, 1.54) is 11.3 Å². The molecule has 2 aliphatic rings. The van der Waals surface area contributed by atoms with Crippen LogP contribution in [0.15, 0.2) is 0 Å². The molecule has 2 unspecified atom stereocenters. The highest BCUT2D eigenvalue weighted by atomic mass is 16.4. The van der Waals surface area contributed by atoms with Gasteiger partial charge in [-0.2, -0.15) is 0 Å². The summed E-state index contributed by atoms with van der Waals surface area (Å²) in [6.45, 7) is 2.04. The van der Waals surface area contributed by atoms with E-state index in [1.54, 1.807) is 6.92 Å². The largest absolute Gasteiger partial charge is 0.478 e. The van der Waals surface area contributed by atoms with E-state index >= 15 is 0 Å². The van der Waals surface area contributed by atoms with Crippen LogP contribution in [0.25, 0.3) is 0 Å². The molecule has 3 atom stereocenters. The Balaban J connectivity index is 2.17. The molecule has 6 heteroatoms. The molecule has 6 nitrogen and oxygen atoms in total. The standard InChI is InChI=1S/C15H26N2O4/c1-2-12(18)13(19)17-9-11(8-15(17,16)14(20)21)10-6-4-3-5-7-10/h10-12,18H,2-9,16H2,1H3,(H,20,21)/t11?,12?,15-/m0/s1. The number of aliphatic hydroxyl groups is 1. The van der Waals surface area contributed by atoms with Gasteiger partial charge in [0, 0.05) is 6.54 Å². The second-order valence-corrected chi connectivity index (χ2v) is 6.46. The second-order valence-electron chi connectivity index (χ2n) is 6.46. The van der Waals surface area contributed by atoms with Crippen molar-refractivity contribution in [3.05, 3.63) is 0 Å². The third-order valence-corrected chi connectivity index (χ3v) is 5.10. The first-order valence-corrected chi connectivity index (χ1v) is 7.92. The molecule has 0 aromatic carbocycles. The van der Waals surface area contributed by atoms with Crippen LogP contribution in [0, 0.1) is 11.8 Å². The molecule has 21 heavy (non-hydrogen) atoms. The first kappa shape index (κ1) is 16.2. The van der Waals surface area contributed by atoms with Crippen molar-refractivity contribution in [1.82, 2.24) is 4.90 Å². The number of likely N-dealkylation sites (tertiary alicyclic amines) is 1. The van der Waals surface area contributed by atoms with Crippen LogP contribution in [0.2, 0.25) is 0 Å². The van der Waals surface area contributed by atoms with Crippen LogP contribution in [0.4, 0.5) is 0 Å². The number of rotatable bonds is 4. The van der Waals surface area contributed by atoms with Crippen molar-refractivity contribution in [3.63, 3.8) is 0 Å². The van der Waals surface area contributed by atoms with Gasteiger partial charge in [0.1, 0.15) is 6.10 Å². The summed E-state index contributed by atoms with van der Waals surface area (Å²) >= 11 is 0. The summed E-state index contributed by atoms with van der Waals surface area (Å²) in [7, 11) is 0. The normalized spacial score (nSPS) is 32.1. The average molecular weight is 298 g/mol. The van der Waals surface area contributed by atoms with Gasteiger partial charge in [0.05, 0.1) is 0 Å². The predicted molar refractivity (Wildman–Crippen MR) is 77.2 cm³/mol. The molecule has 120 valence electrons. The van der Waals surface area contributed by atoms with Crippen LogP contribution in [-0.4, -0.2) is 45.3 Å². The van der Waals surface area contributed by atoms with Crippen LogP contribution in [0.5, 0.6) is 0 Å². The van der Waals surface area contributed by atoms with Gasteiger partial charge in [-0.25, -0.2) is 4.79 Å². The van der Waals surface area contributed by atoms with Crippen molar-refractivity contribution in [2.24, 2.45) is 17.6 Å². The third kappa shape index (κ3) is 3.06. The number of hydrogen-bond donors (Lipinski definition) is 3. The molecule has 1 heterocycles. The number of carbonyl (C=O) groups is 2. The summed E-state index contributed by atoms with van der Waals surface area (Å²) in [5.74, 6) is -1.17. The van der Waals surface area contributed by atoms with Gasteiger partial charge in [-0.1, -0.05) is 39.0 Å². The van der Waals surface area contributed by atoms with Gasteiger partial charge in [0.15, 0.2) is 5.66 Å². The maximum atomic E-state index is 12.3. The van der Waals surface area contributed by atoms with Crippen molar-refractivity contribution in [2.75, 3.05) is 6.54 Å². The SMILES string of the molecule is CCC(O)C(=O)N1CC(C2CCCCC2)C[C@@]1(N)C(=O)O. The van der Waals surface area contributed by atoms with E-state index in [9.17, 15) is 19.8 Å². The van der Waals surface area contributed by atoms with Crippen LogP contribution < -0.4 is 5.73 Å². The average Bonchev–Trinajstić information content (AvgIpc) is 2.86. The number of carboxylic acids is 1. The first-order valence-electron chi connectivity index (χ1n) is 7.92. The number of nitrogens with two attached hydrogens (primary N) is 1. The molecule has 1 aliphatic heterocycles. The maximum absolute atomic E-state index is 12.3. The zero-order chi connectivity index (χ0) is 15.6. The van der Waals surface area contributed by atoms with Gasteiger partial charge < -0.3 is 15.1 Å². The van der Waals surface area contributed by atoms with E-state index in [0.29, 0.717) is 12.5 Å². The summed E-state index contributed by atoms with van der Waals surface area (Å²) in [5.41, 5.74) is 4.36. The summed E-state index contributed by atoms with van der Waals surface area (Å²) in [4.78, 5) is 25.0. The molecule has 4 N–H and O–H groups in total. The molecule has 1 saturated carbocycles. The van der Waals surface area contributed by atoms with E-state index in [2.05, 4.69) is 0 Å². The Labute approximate surface area is 125 Å². The number of aliphatic carboxylic acids is 1. The van der Waals surface area contributed by atoms with Gasteiger partial charge in [-0.3, -0.25) is 10.5 Å². The molecule has 0 radical (unpaired) electrons. The zero-order valence-electron chi connectivity index (χ0n) is 12.6. The monoisotopic (exact) mass is 298 g/mol. The maximum Gasteiger partial charge on any atom is 0.344 e. The molecule has 0 bridgehead atoms. The van der Waals surface area contributed by atoms with Crippen LogP contribution in [0.1, 0.15) is 51.9 Å². The summed E-state index contributed by atoms with van der Waals surface area (Å²) in [6.07, 6.45) is 5.10. The number of carbonyl (C=O) groups excluding carboxylic acids is 1. The minimum Gasteiger partial charge on any atom is -0.478 e. The molecule has 0 aromatic rings. The van der Waals surface area contributed by atoms with Gasteiger partial charge in [-0.05, 0) is 24.7 Å². The molecule has 1 amide bonds. The number of nitrogens with zero attached hydrogens (tertiary/aromatic N) is 1. The lowest BCUT2D eigenvalue weighted by Gasteiger charge is -2.32. The topological polar surface area (TPSA) is 104 Å². The summed E-state index contributed by atoms with van der Waals surface area (Å²) in [6, 6.07) is 0. The fourth-order valence-electron chi connectivity index (χ4n) is 3.74. The Kier molecular flexibility index (Phi) is 4.88. The van der Waals surface area contributed by atoms with E-state index in [-0.39, 0.29) is 18.8 Å². The predicted octanol–water partition coefficient (Wildman–Crippen LogP) is 0.926. The van der Waals surface area contributed by atoms with E-state index < -0.39 is 23.6 Å². The van der Waals surface area contributed by atoms with Crippen molar-refractivity contribution in [2.45, 2.75) is 63.6 Å². The van der Waals surface area contributed by atoms with Crippen molar-refractivity contribution in [3.8, 4) is 0 Å². The van der Waals surface area contributed by atoms with Gasteiger partial charge in [0.2, 0.25) is 0 Å². The Morgan fingerprint density at radius 3 is 2.43 bits per heavy atom. The van der Waals surface area contributed by atoms with Crippen LogP contribution in [-0.2, 0) is 9.59 Å². The molecule has 0 spiro atoms. The summed E-state index contributed by atoms with van der Waals surface area (Å²) < 4.78 is 0. The summed E-state index contributed by atoms with van der Waals surface area (Å²) in [5, 5.41) is 19.2. The Bertz CT molecular complexity index is 408. The van der Waals surface area contributed by atoms with Crippen molar-refractivity contribution >= 4 is 11.9 Å². The number of hydrogen-bond acceptors (Lipinski definition) is 4. The molecular formula is C15H26N2O4. The van der Waals surface area contributed by atoms with Gasteiger partial charge in [-0.15, -0.1) is 0 Å².